The lowest BCUT2D eigenvalue weighted by molar-refractivity contribution is -0.118. The molecule has 3 aromatic carbocycles. The number of nitrogens with one attached hydrogen (secondary N) is 1. The number of ether oxygens (including phenoxy) is 2. The molecule has 3 rings (SSSR count). The van der Waals surface area contributed by atoms with Crippen molar-refractivity contribution in [2.24, 2.45) is 0 Å². The van der Waals surface area contributed by atoms with E-state index in [9.17, 15) is 4.79 Å². The van der Waals surface area contributed by atoms with E-state index in [4.69, 9.17) is 9.47 Å². The van der Waals surface area contributed by atoms with Gasteiger partial charge in [-0.2, -0.15) is 0 Å². The zero-order valence-electron chi connectivity index (χ0n) is 15.8. The maximum Gasteiger partial charge on any atom is 0.262 e. The van der Waals surface area contributed by atoms with E-state index in [1.807, 2.05) is 60.7 Å². The lowest BCUT2D eigenvalue weighted by atomic mass is 10.0. The van der Waals surface area contributed by atoms with Gasteiger partial charge in [0.25, 0.3) is 5.91 Å². The largest absolute Gasteiger partial charge is 0.483 e. The highest BCUT2D eigenvalue weighted by molar-refractivity contribution is 9.10. The van der Waals surface area contributed by atoms with Gasteiger partial charge in [0.1, 0.15) is 17.2 Å². The lowest BCUT2D eigenvalue weighted by Gasteiger charge is -2.14. The fourth-order valence-electron chi connectivity index (χ4n) is 2.67. The minimum Gasteiger partial charge on any atom is -0.483 e. The van der Waals surface area contributed by atoms with E-state index in [1.165, 1.54) is 0 Å². The zero-order chi connectivity index (χ0) is 19.9. The van der Waals surface area contributed by atoms with E-state index in [-0.39, 0.29) is 12.5 Å². The molecule has 1 N–H and O–H groups in total. The van der Waals surface area contributed by atoms with Crippen LogP contribution in [-0.2, 0) is 4.79 Å². The van der Waals surface area contributed by atoms with E-state index in [0.717, 1.165) is 21.5 Å². The number of benzene rings is 3. The number of anilines is 1. The summed E-state index contributed by atoms with van der Waals surface area (Å²) in [6.07, 6.45) is 0. The summed E-state index contributed by atoms with van der Waals surface area (Å²) in [5.41, 5.74) is 1.75. The average molecular weight is 440 g/mol. The second-order valence-electron chi connectivity index (χ2n) is 6.61. The molecule has 0 aliphatic heterocycles. The van der Waals surface area contributed by atoms with Crippen LogP contribution in [0.3, 0.4) is 0 Å². The predicted molar refractivity (Wildman–Crippen MR) is 115 cm³/mol. The number of carbonyl (C=O) groups excluding carboxylic acids is 1. The van der Waals surface area contributed by atoms with Crippen molar-refractivity contribution in [2.45, 2.75) is 19.8 Å². The van der Waals surface area contributed by atoms with Gasteiger partial charge in [0.15, 0.2) is 6.61 Å². The first-order valence-corrected chi connectivity index (χ1v) is 9.85. The third kappa shape index (κ3) is 5.60. The molecule has 0 saturated carbocycles. The number of amides is 1. The molecular weight excluding hydrogens is 418 g/mol. The fourth-order valence-corrected chi connectivity index (χ4v) is 3.05. The van der Waals surface area contributed by atoms with E-state index in [1.54, 1.807) is 12.1 Å². The Morgan fingerprint density at radius 1 is 0.964 bits per heavy atom. The monoisotopic (exact) mass is 439 g/mol. The molecule has 0 saturated heterocycles. The van der Waals surface area contributed by atoms with Crippen LogP contribution in [0.25, 0.3) is 0 Å². The molecule has 0 atom stereocenters. The Labute approximate surface area is 173 Å². The van der Waals surface area contributed by atoms with Crippen LogP contribution < -0.4 is 14.8 Å². The number of halogens is 1. The maximum atomic E-state index is 12.2. The lowest BCUT2D eigenvalue weighted by Crippen LogP contribution is -2.20. The smallest absolute Gasteiger partial charge is 0.262 e. The molecule has 28 heavy (non-hydrogen) atoms. The van der Waals surface area contributed by atoms with Crippen LogP contribution in [0, 0.1) is 0 Å². The SMILES string of the molecule is CC(C)c1cc(Br)ccc1OCC(=O)Nc1ccc(Oc2ccccc2)cc1. The Morgan fingerprint density at radius 3 is 2.32 bits per heavy atom. The molecule has 144 valence electrons. The van der Waals surface area contributed by atoms with Crippen molar-refractivity contribution in [3.63, 3.8) is 0 Å². The van der Waals surface area contributed by atoms with Crippen molar-refractivity contribution in [3.8, 4) is 17.2 Å². The second kappa shape index (κ2) is 9.42. The standard InChI is InChI=1S/C23H22BrNO3/c1-16(2)21-14-17(24)8-13-22(21)27-15-23(26)25-18-9-11-20(12-10-18)28-19-6-4-3-5-7-19/h3-14,16H,15H2,1-2H3,(H,25,26). The summed E-state index contributed by atoms with van der Waals surface area (Å²) in [4.78, 5) is 12.2. The highest BCUT2D eigenvalue weighted by Crippen LogP contribution is 2.29. The topological polar surface area (TPSA) is 47.6 Å². The Morgan fingerprint density at radius 2 is 1.64 bits per heavy atom. The van der Waals surface area contributed by atoms with Crippen LogP contribution in [0.1, 0.15) is 25.3 Å². The van der Waals surface area contributed by atoms with Crippen molar-refractivity contribution in [3.05, 3.63) is 82.8 Å². The number of rotatable bonds is 7. The molecule has 0 fully saturated rings. The first-order chi connectivity index (χ1) is 13.5. The van der Waals surface area contributed by atoms with Crippen molar-refractivity contribution < 1.29 is 14.3 Å². The molecule has 0 heterocycles. The fraction of sp³-hybridized carbons (Fsp3) is 0.174. The predicted octanol–water partition coefficient (Wildman–Crippen LogP) is 6.38. The van der Waals surface area contributed by atoms with Crippen molar-refractivity contribution in [1.29, 1.82) is 0 Å². The van der Waals surface area contributed by atoms with Crippen LogP contribution in [-0.4, -0.2) is 12.5 Å². The highest BCUT2D eigenvalue weighted by Gasteiger charge is 2.11. The molecule has 5 heteroatoms. The van der Waals surface area contributed by atoms with E-state index in [0.29, 0.717) is 17.4 Å². The van der Waals surface area contributed by atoms with Crippen molar-refractivity contribution >= 4 is 27.5 Å². The molecule has 0 aliphatic rings. The van der Waals surface area contributed by atoms with Crippen LogP contribution in [0.2, 0.25) is 0 Å². The van der Waals surface area contributed by atoms with Crippen LogP contribution in [0.15, 0.2) is 77.3 Å². The first kappa shape index (κ1) is 20.0. The van der Waals surface area contributed by atoms with E-state index in [2.05, 4.69) is 35.1 Å². The minimum absolute atomic E-state index is 0.0520. The number of hydrogen-bond donors (Lipinski definition) is 1. The normalized spacial score (nSPS) is 10.6. The van der Waals surface area contributed by atoms with Gasteiger partial charge in [-0.25, -0.2) is 0 Å². The average Bonchev–Trinajstić information content (AvgIpc) is 2.69. The van der Waals surface area contributed by atoms with Crippen LogP contribution in [0.4, 0.5) is 5.69 Å². The Bertz CT molecular complexity index is 924. The van der Waals surface area contributed by atoms with Crippen molar-refractivity contribution in [1.82, 2.24) is 0 Å². The van der Waals surface area contributed by atoms with Gasteiger partial charge in [-0.05, 0) is 66.1 Å². The van der Waals surface area contributed by atoms with E-state index < -0.39 is 0 Å². The zero-order valence-corrected chi connectivity index (χ0v) is 17.4. The molecule has 0 bridgehead atoms. The van der Waals surface area contributed by atoms with Crippen LogP contribution >= 0.6 is 15.9 Å². The molecular formula is C23H22BrNO3. The summed E-state index contributed by atoms with van der Waals surface area (Å²) in [6, 6.07) is 22.6. The molecule has 1 amide bonds. The van der Waals surface area contributed by atoms with Gasteiger partial charge in [0.2, 0.25) is 0 Å². The van der Waals surface area contributed by atoms with Gasteiger partial charge in [-0.1, -0.05) is 48.0 Å². The quantitative estimate of drug-likeness (QED) is 0.464. The molecule has 0 radical (unpaired) electrons. The molecule has 0 aliphatic carbocycles. The number of para-hydroxylation sites is 1. The molecule has 0 spiro atoms. The van der Waals surface area contributed by atoms with Gasteiger partial charge >= 0.3 is 0 Å². The van der Waals surface area contributed by atoms with Gasteiger partial charge < -0.3 is 14.8 Å². The Balaban J connectivity index is 1.55. The molecule has 3 aromatic rings. The summed E-state index contributed by atoms with van der Waals surface area (Å²) in [7, 11) is 0. The van der Waals surface area contributed by atoms with Gasteiger partial charge in [-0.3, -0.25) is 4.79 Å². The number of carbonyl (C=O) groups is 1. The minimum atomic E-state index is -0.214. The number of hydrogen-bond acceptors (Lipinski definition) is 3. The van der Waals surface area contributed by atoms with Gasteiger partial charge in [0.05, 0.1) is 0 Å². The molecule has 0 unspecified atom stereocenters. The third-order valence-corrected chi connectivity index (χ3v) is 4.56. The van der Waals surface area contributed by atoms with Gasteiger partial charge in [-0.15, -0.1) is 0 Å². The van der Waals surface area contributed by atoms with Crippen LogP contribution in [0.5, 0.6) is 17.2 Å². The maximum absolute atomic E-state index is 12.2. The summed E-state index contributed by atoms with van der Waals surface area (Å²) in [5, 5.41) is 2.83. The third-order valence-electron chi connectivity index (χ3n) is 4.07. The first-order valence-electron chi connectivity index (χ1n) is 9.06. The summed E-state index contributed by atoms with van der Waals surface area (Å²) in [6.45, 7) is 4.13. The van der Waals surface area contributed by atoms with E-state index >= 15 is 0 Å². The van der Waals surface area contributed by atoms with Gasteiger partial charge in [0, 0.05) is 10.2 Å². The Hall–Kier alpha value is -2.79. The summed E-state index contributed by atoms with van der Waals surface area (Å²) >= 11 is 3.47. The summed E-state index contributed by atoms with van der Waals surface area (Å²) in [5.74, 6) is 2.28. The highest BCUT2D eigenvalue weighted by atomic mass is 79.9. The second-order valence-corrected chi connectivity index (χ2v) is 7.53. The molecule has 4 nitrogen and oxygen atoms in total. The van der Waals surface area contributed by atoms with Crippen molar-refractivity contribution in [2.75, 3.05) is 11.9 Å². The molecule has 0 aromatic heterocycles. The summed E-state index contributed by atoms with van der Waals surface area (Å²) < 4.78 is 12.5. The Kier molecular flexibility index (Phi) is 6.71.